The van der Waals surface area contributed by atoms with Gasteiger partial charge in [-0.15, -0.1) is 0 Å². The predicted molar refractivity (Wildman–Crippen MR) is 108 cm³/mol. The van der Waals surface area contributed by atoms with Gasteiger partial charge in [0.15, 0.2) is 0 Å². The first kappa shape index (κ1) is 18.4. The lowest BCUT2D eigenvalue weighted by molar-refractivity contribution is -0.147. The highest BCUT2D eigenvalue weighted by Crippen LogP contribution is 2.73. The van der Waals surface area contributed by atoms with Crippen molar-refractivity contribution in [2.75, 3.05) is 0 Å². The summed E-state index contributed by atoms with van der Waals surface area (Å²) >= 11 is 0. The number of carbonyl (C=O) groups is 1. The minimum atomic E-state index is -0.120. The van der Waals surface area contributed by atoms with Crippen LogP contribution in [0.4, 0.5) is 0 Å². The summed E-state index contributed by atoms with van der Waals surface area (Å²) in [7, 11) is 0. The van der Waals surface area contributed by atoms with Gasteiger partial charge in [0.2, 0.25) is 0 Å². The first-order valence-electron chi connectivity index (χ1n) is 11.7. The number of rotatable bonds is 1. The van der Waals surface area contributed by atoms with Gasteiger partial charge < -0.3 is 5.11 Å². The lowest BCUT2D eigenvalue weighted by Crippen LogP contribution is -2.55. The average Bonchev–Trinajstić information content (AvgIpc) is 2.92. The van der Waals surface area contributed by atoms with Crippen LogP contribution in [0.25, 0.3) is 0 Å². The van der Waals surface area contributed by atoms with Crippen LogP contribution >= 0.6 is 0 Å². The van der Waals surface area contributed by atoms with E-state index in [1.165, 1.54) is 44.9 Å². The Hall–Kier alpha value is -0.630. The van der Waals surface area contributed by atoms with Gasteiger partial charge in [-0.2, -0.15) is 0 Å². The van der Waals surface area contributed by atoms with E-state index in [-0.39, 0.29) is 16.9 Å². The average molecular weight is 371 g/mol. The number of ketones is 1. The molecular weight excluding hydrogens is 332 g/mol. The predicted octanol–water partition coefficient (Wildman–Crippen LogP) is 5.69. The molecule has 0 aliphatic heterocycles. The number of fused-ring (bicyclic) bond motifs is 7. The molecule has 2 heteroatoms. The molecule has 4 saturated carbocycles. The van der Waals surface area contributed by atoms with Crippen LogP contribution in [0.1, 0.15) is 91.4 Å². The number of hydrogen-bond donors (Lipinski definition) is 1. The standard InChI is InChI=1S/C25H38O2/c1-16(26)25-11-5-4-6-18(25)15-22-20-8-7-17-14-19(27)9-12-23(17,2)21(20)10-13-24(22,25)3/h7,18-22,27H,4-6,8-15H2,1-3H3/t18-,19+,20-,21?,22+,23+,24+,25+/m1/s1. The van der Waals surface area contributed by atoms with Crippen LogP contribution in [0.15, 0.2) is 11.6 Å². The molecule has 2 nitrogen and oxygen atoms in total. The van der Waals surface area contributed by atoms with E-state index in [1.54, 1.807) is 5.57 Å². The molecule has 0 saturated heterocycles. The molecule has 5 aliphatic carbocycles. The molecule has 4 fully saturated rings. The summed E-state index contributed by atoms with van der Waals surface area (Å²) in [4.78, 5) is 13.1. The largest absolute Gasteiger partial charge is 0.393 e. The van der Waals surface area contributed by atoms with Crippen molar-refractivity contribution in [3.63, 3.8) is 0 Å². The van der Waals surface area contributed by atoms with Crippen molar-refractivity contribution in [1.29, 1.82) is 0 Å². The number of allylic oxidation sites excluding steroid dienone is 1. The van der Waals surface area contributed by atoms with Crippen molar-refractivity contribution in [3.8, 4) is 0 Å². The lowest BCUT2D eigenvalue weighted by atomic mass is 9.44. The maximum Gasteiger partial charge on any atom is 0.136 e. The zero-order chi connectivity index (χ0) is 19.0. The fraction of sp³-hybridized carbons (Fsp3) is 0.880. The van der Waals surface area contributed by atoms with Crippen molar-refractivity contribution in [2.45, 2.75) is 97.5 Å². The van der Waals surface area contributed by atoms with Gasteiger partial charge in [-0.1, -0.05) is 38.3 Å². The van der Waals surface area contributed by atoms with Crippen molar-refractivity contribution >= 4 is 5.78 Å². The van der Waals surface area contributed by atoms with Gasteiger partial charge >= 0.3 is 0 Å². The smallest absolute Gasteiger partial charge is 0.136 e. The fourth-order valence-electron chi connectivity index (χ4n) is 9.44. The Kier molecular flexibility index (Phi) is 4.05. The zero-order valence-corrected chi connectivity index (χ0v) is 17.6. The van der Waals surface area contributed by atoms with Crippen LogP contribution in [-0.4, -0.2) is 17.0 Å². The summed E-state index contributed by atoms with van der Waals surface area (Å²) in [6, 6.07) is 0. The molecule has 0 amide bonds. The maximum atomic E-state index is 13.1. The van der Waals surface area contributed by atoms with E-state index >= 15 is 0 Å². The quantitative estimate of drug-likeness (QED) is 0.602. The van der Waals surface area contributed by atoms with E-state index in [0.29, 0.717) is 17.1 Å². The molecule has 5 rings (SSSR count). The molecule has 8 atom stereocenters. The van der Waals surface area contributed by atoms with Crippen LogP contribution in [-0.2, 0) is 4.79 Å². The van der Waals surface area contributed by atoms with Crippen LogP contribution in [0.5, 0.6) is 0 Å². The van der Waals surface area contributed by atoms with E-state index in [4.69, 9.17) is 0 Å². The van der Waals surface area contributed by atoms with Crippen molar-refractivity contribution < 1.29 is 9.90 Å². The first-order valence-corrected chi connectivity index (χ1v) is 11.7. The summed E-state index contributed by atoms with van der Waals surface area (Å²) in [6.45, 7) is 6.94. The van der Waals surface area contributed by atoms with E-state index in [1.807, 2.05) is 6.92 Å². The number of carbonyl (C=O) groups excluding carboxylic acids is 1. The Morgan fingerprint density at radius 1 is 1.07 bits per heavy atom. The highest BCUT2D eigenvalue weighted by molar-refractivity contribution is 5.84. The fourth-order valence-corrected chi connectivity index (χ4v) is 9.44. The Labute approximate surface area is 165 Å². The third-order valence-electron chi connectivity index (χ3n) is 10.7. The minimum Gasteiger partial charge on any atom is -0.393 e. The van der Waals surface area contributed by atoms with Crippen LogP contribution in [0.3, 0.4) is 0 Å². The Bertz CT molecular complexity index is 680. The molecule has 0 aromatic heterocycles. The molecular formula is C25H38O2. The molecule has 0 heterocycles. The third-order valence-corrected chi connectivity index (χ3v) is 10.7. The molecule has 0 radical (unpaired) electrons. The molecule has 5 aliphatic rings. The molecule has 0 spiro atoms. The van der Waals surface area contributed by atoms with E-state index < -0.39 is 0 Å². The van der Waals surface area contributed by atoms with Gasteiger partial charge in [-0.05, 0) is 99.2 Å². The molecule has 150 valence electrons. The van der Waals surface area contributed by atoms with Crippen LogP contribution in [0.2, 0.25) is 0 Å². The van der Waals surface area contributed by atoms with E-state index in [9.17, 15) is 9.90 Å². The van der Waals surface area contributed by atoms with Crippen LogP contribution < -0.4 is 0 Å². The number of hydrogen-bond acceptors (Lipinski definition) is 2. The first-order chi connectivity index (χ1) is 12.8. The number of aliphatic hydroxyl groups excluding tert-OH is 1. The van der Waals surface area contributed by atoms with Crippen LogP contribution in [0, 0.1) is 39.9 Å². The van der Waals surface area contributed by atoms with Gasteiger partial charge in [0, 0.05) is 5.41 Å². The number of Topliss-reactive ketones (excluding diaryl/α,β-unsaturated/α-hetero) is 1. The summed E-state index contributed by atoms with van der Waals surface area (Å²) < 4.78 is 0. The lowest BCUT2D eigenvalue weighted by Gasteiger charge is -2.60. The highest BCUT2D eigenvalue weighted by Gasteiger charge is 2.68. The summed E-state index contributed by atoms with van der Waals surface area (Å²) in [5.41, 5.74) is 2.07. The van der Waals surface area contributed by atoms with Crippen molar-refractivity contribution in [3.05, 3.63) is 11.6 Å². The van der Waals surface area contributed by atoms with Gasteiger partial charge in [-0.25, -0.2) is 0 Å². The molecule has 0 bridgehead atoms. The SMILES string of the molecule is CC(=O)[C@@]12CCCC[C@@H]1C[C@H]1[C@@H]3CC=C4C[C@@H](O)CC[C@]4(C)C3CC[C@@]12C. The monoisotopic (exact) mass is 370 g/mol. The summed E-state index contributed by atoms with van der Waals surface area (Å²) in [6.07, 6.45) is 15.5. The summed E-state index contributed by atoms with van der Waals surface area (Å²) in [5.74, 6) is 3.41. The zero-order valence-electron chi connectivity index (χ0n) is 17.6. The van der Waals surface area contributed by atoms with Gasteiger partial charge in [-0.3, -0.25) is 4.79 Å². The molecule has 0 aromatic rings. The second-order valence-corrected chi connectivity index (χ2v) is 11.3. The van der Waals surface area contributed by atoms with Gasteiger partial charge in [0.05, 0.1) is 6.10 Å². The molecule has 0 aromatic carbocycles. The van der Waals surface area contributed by atoms with E-state index in [0.717, 1.165) is 43.4 Å². The van der Waals surface area contributed by atoms with Crippen molar-refractivity contribution in [1.82, 2.24) is 0 Å². The Morgan fingerprint density at radius 2 is 1.89 bits per heavy atom. The second-order valence-electron chi connectivity index (χ2n) is 11.3. The molecule has 1 N–H and O–H groups in total. The van der Waals surface area contributed by atoms with Crippen molar-refractivity contribution in [2.24, 2.45) is 39.9 Å². The Morgan fingerprint density at radius 3 is 2.67 bits per heavy atom. The highest BCUT2D eigenvalue weighted by atomic mass is 16.3. The number of aliphatic hydroxyl groups is 1. The summed E-state index contributed by atoms with van der Waals surface area (Å²) in [5, 5.41) is 10.2. The Balaban J connectivity index is 1.54. The topological polar surface area (TPSA) is 37.3 Å². The molecule has 27 heavy (non-hydrogen) atoms. The second kappa shape index (κ2) is 5.94. The van der Waals surface area contributed by atoms with Gasteiger partial charge in [0.1, 0.15) is 5.78 Å². The third kappa shape index (κ3) is 2.20. The molecule has 1 unspecified atom stereocenters. The minimum absolute atomic E-state index is 0.0193. The van der Waals surface area contributed by atoms with Gasteiger partial charge in [0.25, 0.3) is 0 Å². The normalized spacial score (nSPS) is 54.2. The maximum absolute atomic E-state index is 13.1. The van der Waals surface area contributed by atoms with E-state index in [2.05, 4.69) is 19.9 Å².